The first-order chi connectivity index (χ1) is 11.8. The number of aryl methyl sites for hydroxylation is 1. The number of rotatable bonds is 4. The van der Waals surface area contributed by atoms with E-state index in [0.717, 1.165) is 22.6 Å². The van der Waals surface area contributed by atoms with E-state index in [-0.39, 0.29) is 0 Å². The molecule has 0 saturated heterocycles. The number of nitrogens with one attached hydrogen (secondary N) is 1. The number of hydrogen-bond acceptors (Lipinski definition) is 5. The third-order valence-corrected chi connectivity index (χ3v) is 3.80. The van der Waals surface area contributed by atoms with Crippen molar-refractivity contribution in [2.75, 3.05) is 5.32 Å². The molecule has 0 aliphatic rings. The lowest BCUT2D eigenvalue weighted by molar-refractivity contribution is 0.916. The van der Waals surface area contributed by atoms with Crippen LogP contribution < -0.4 is 5.32 Å². The Morgan fingerprint density at radius 1 is 1.08 bits per heavy atom. The summed E-state index contributed by atoms with van der Waals surface area (Å²) in [4.78, 5) is 12.6. The molecule has 0 saturated carbocycles. The molecule has 0 spiro atoms. The summed E-state index contributed by atoms with van der Waals surface area (Å²) in [6, 6.07) is 14.4. The van der Waals surface area contributed by atoms with Crippen LogP contribution in [0.5, 0.6) is 0 Å². The molecule has 0 bridgehead atoms. The highest BCUT2D eigenvalue weighted by Crippen LogP contribution is 2.19. The Morgan fingerprint density at radius 3 is 2.75 bits per heavy atom. The second-order valence-electron chi connectivity index (χ2n) is 5.55. The summed E-state index contributed by atoms with van der Waals surface area (Å²) in [5.74, 6) is 1.48. The summed E-state index contributed by atoms with van der Waals surface area (Å²) in [5.41, 5.74) is 4.37. The molecule has 0 atom stereocenters. The van der Waals surface area contributed by atoms with Crippen LogP contribution >= 0.6 is 0 Å². The summed E-state index contributed by atoms with van der Waals surface area (Å²) in [6.45, 7) is 2.65. The van der Waals surface area contributed by atoms with Crippen LogP contribution in [0, 0.1) is 6.92 Å². The number of nitrogens with zero attached hydrogens (tertiary/aromatic N) is 5. The molecule has 0 fully saturated rings. The molecular weight excluding hydrogens is 300 g/mol. The third-order valence-electron chi connectivity index (χ3n) is 3.80. The molecule has 6 heteroatoms. The first kappa shape index (κ1) is 14.3. The molecular formula is C18H16N6. The predicted molar refractivity (Wildman–Crippen MR) is 92.5 cm³/mol. The molecule has 0 radical (unpaired) electrons. The van der Waals surface area contributed by atoms with Crippen LogP contribution in [-0.2, 0) is 6.54 Å². The Morgan fingerprint density at radius 2 is 1.96 bits per heavy atom. The van der Waals surface area contributed by atoms with Crippen molar-refractivity contribution in [3.63, 3.8) is 0 Å². The van der Waals surface area contributed by atoms with E-state index in [1.807, 2.05) is 25.3 Å². The van der Waals surface area contributed by atoms with Gasteiger partial charge in [0.15, 0.2) is 0 Å². The van der Waals surface area contributed by atoms with Gasteiger partial charge < -0.3 is 5.32 Å². The van der Waals surface area contributed by atoms with Crippen molar-refractivity contribution in [1.29, 1.82) is 0 Å². The van der Waals surface area contributed by atoms with Gasteiger partial charge in [-0.25, -0.2) is 4.98 Å². The zero-order chi connectivity index (χ0) is 16.4. The molecule has 6 nitrogen and oxygen atoms in total. The Kier molecular flexibility index (Phi) is 3.63. The Hall–Kier alpha value is -3.28. The maximum absolute atomic E-state index is 4.34. The Balaban J connectivity index is 1.52. The standard InChI is InChI=1S/C18H16N6/c1-13-9-17(24-18(23-13)21-12-22-24)20-10-14-4-6-15(7-5-14)16-3-2-8-19-11-16/h2-9,11-12,20H,10H2,1H3. The molecule has 1 aromatic carbocycles. The average molecular weight is 316 g/mol. The molecule has 0 amide bonds. The molecule has 3 aromatic heterocycles. The normalized spacial score (nSPS) is 10.9. The van der Waals surface area contributed by atoms with Gasteiger partial charge in [-0.15, -0.1) is 0 Å². The molecule has 24 heavy (non-hydrogen) atoms. The fourth-order valence-electron chi connectivity index (χ4n) is 2.60. The summed E-state index contributed by atoms with van der Waals surface area (Å²) in [6.07, 6.45) is 5.16. The highest BCUT2D eigenvalue weighted by Gasteiger charge is 2.05. The molecule has 118 valence electrons. The Bertz CT molecular complexity index is 960. The number of anilines is 1. The van der Waals surface area contributed by atoms with E-state index in [4.69, 9.17) is 0 Å². The van der Waals surface area contributed by atoms with Gasteiger partial charge in [-0.05, 0) is 29.7 Å². The van der Waals surface area contributed by atoms with Gasteiger partial charge in [0.05, 0.1) is 0 Å². The summed E-state index contributed by atoms with van der Waals surface area (Å²) < 4.78 is 1.71. The van der Waals surface area contributed by atoms with E-state index >= 15 is 0 Å². The summed E-state index contributed by atoms with van der Waals surface area (Å²) in [7, 11) is 0. The smallest absolute Gasteiger partial charge is 0.254 e. The van der Waals surface area contributed by atoms with Gasteiger partial charge in [-0.2, -0.15) is 14.6 Å². The van der Waals surface area contributed by atoms with Crippen LogP contribution in [0.4, 0.5) is 5.82 Å². The Labute approximate surface area is 139 Å². The molecule has 4 rings (SSSR count). The van der Waals surface area contributed by atoms with Gasteiger partial charge in [-0.3, -0.25) is 4.98 Å². The average Bonchev–Trinajstić information content (AvgIpc) is 3.09. The molecule has 0 unspecified atom stereocenters. The molecule has 3 heterocycles. The van der Waals surface area contributed by atoms with E-state index in [1.165, 1.54) is 11.9 Å². The van der Waals surface area contributed by atoms with Crippen LogP contribution in [0.25, 0.3) is 16.9 Å². The van der Waals surface area contributed by atoms with E-state index in [9.17, 15) is 0 Å². The van der Waals surface area contributed by atoms with Gasteiger partial charge in [0, 0.05) is 30.7 Å². The lowest BCUT2D eigenvalue weighted by atomic mass is 10.1. The van der Waals surface area contributed by atoms with Gasteiger partial charge in [-0.1, -0.05) is 30.3 Å². The van der Waals surface area contributed by atoms with E-state index in [2.05, 4.69) is 55.7 Å². The van der Waals surface area contributed by atoms with Crippen LogP contribution in [0.2, 0.25) is 0 Å². The van der Waals surface area contributed by atoms with Crippen molar-refractivity contribution in [1.82, 2.24) is 24.6 Å². The van der Waals surface area contributed by atoms with Crippen LogP contribution in [0.15, 0.2) is 61.2 Å². The van der Waals surface area contributed by atoms with Crippen LogP contribution in [-0.4, -0.2) is 24.6 Å². The van der Waals surface area contributed by atoms with Gasteiger partial charge in [0.2, 0.25) is 0 Å². The van der Waals surface area contributed by atoms with Crippen LogP contribution in [0.1, 0.15) is 11.3 Å². The number of benzene rings is 1. The minimum Gasteiger partial charge on any atom is -0.366 e. The predicted octanol–water partition coefficient (Wildman–Crippen LogP) is 3.11. The maximum atomic E-state index is 4.34. The number of fused-ring (bicyclic) bond motifs is 1. The van der Waals surface area contributed by atoms with Gasteiger partial charge in [0.1, 0.15) is 12.1 Å². The minimum absolute atomic E-state index is 0.601. The molecule has 0 aliphatic heterocycles. The fraction of sp³-hybridized carbons (Fsp3) is 0.111. The first-order valence-corrected chi connectivity index (χ1v) is 7.70. The lowest BCUT2D eigenvalue weighted by Gasteiger charge is -2.09. The molecule has 4 aromatic rings. The van der Waals surface area contributed by atoms with Gasteiger partial charge >= 0.3 is 0 Å². The second-order valence-corrected chi connectivity index (χ2v) is 5.55. The summed E-state index contributed by atoms with van der Waals surface area (Å²) in [5, 5.41) is 7.60. The van der Waals surface area contributed by atoms with Crippen molar-refractivity contribution in [2.45, 2.75) is 13.5 Å². The number of aromatic nitrogens is 5. The minimum atomic E-state index is 0.601. The zero-order valence-electron chi connectivity index (χ0n) is 13.2. The van der Waals surface area contributed by atoms with E-state index < -0.39 is 0 Å². The van der Waals surface area contributed by atoms with Crippen molar-refractivity contribution >= 4 is 11.6 Å². The maximum Gasteiger partial charge on any atom is 0.254 e. The number of hydrogen-bond donors (Lipinski definition) is 1. The number of pyridine rings is 1. The lowest BCUT2D eigenvalue weighted by Crippen LogP contribution is -2.06. The second kappa shape index (κ2) is 6.08. The highest BCUT2D eigenvalue weighted by molar-refractivity contribution is 5.62. The largest absolute Gasteiger partial charge is 0.366 e. The fourth-order valence-corrected chi connectivity index (χ4v) is 2.60. The molecule has 1 N–H and O–H groups in total. The van der Waals surface area contributed by atoms with Gasteiger partial charge in [0.25, 0.3) is 5.78 Å². The van der Waals surface area contributed by atoms with Crippen molar-refractivity contribution in [3.05, 3.63) is 72.4 Å². The highest BCUT2D eigenvalue weighted by atomic mass is 15.3. The van der Waals surface area contributed by atoms with Crippen molar-refractivity contribution in [2.24, 2.45) is 0 Å². The SMILES string of the molecule is Cc1cc(NCc2ccc(-c3cccnc3)cc2)n2ncnc2n1. The van der Waals surface area contributed by atoms with Crippen molar-refractivity contribution < 1.29 is 0 Å². The third kappa shape index (κ3) is 2.81. The monoisotopic (exact) mass is 316 g/mol. The first-order valence-electron chi connectivity index (χ1n) is 7.70. The summed E-state index contributed by atoms with van der Waals surface area (Å²) >= 11 is 0. The van der Waals surface area contributed by atoms with E-state index in [1.54, 1.807) is 10.7 Å². The topological polar surface area (TPSA) is 68.0 Å². The van der Waals surface area contributed by atoms with Crippen LogP contribution in [0.3, 0.4) is 0 Å². The van der Waals surface area contributed by atoms with Crippen molar-refractivity contribution in [3.8, 4) is 11.1 Å². The molecule has 0 aliphatic carbocycles. The zero-order valence-corrected chi connectivity index (χ0v) is 13.2. The van der Waals surface area contributed by atoms with E-state index in [0.29, 0.717) is 12.3 Å². The quantitative estimate of drug-likeness (QED) is 0.626.